The number of hydrogen-bond acceptors (Lipinski definition) is 3. The maximum absolute atomic E-state index is 11.4. The first-order chi connectivity index (χ1) is 8.09. The Morgan fingerprint density at radius 1 is 1.35 bits per heavy atom. The Morgan fingerprint density at radius 3 is 2.65 bits per heavy atom. The standard InChI is InChI=1S/C9H7Cl2N5O/c10-6-2-1-5(3-7(6)11)16(8(12)17)9-13-4-14-15-9/h1-4H,(H2,12,17)(H,13,14,15). The third kappa shape index (κ3) is 2.32. The molecule has 0 atom stereocenters. The fourth-order valence-electron chi connectivity index (χ4n) is 1.28. The number of nitrogens with one attached hydrogen (secondary N) is 1. The summed E-state index contributed by atoms with van der Waals surface area (Å²) in [6.07, 6.45) is 1.27. The molecule has 0 bridgehead atoms. The van der Waals surface area contributed by atoms with Crippen LogP contribution in [0.15, 0.2) is 24.5 Å². The van der Waals surface area contributed by atoms with E-state index >= 15 is 0 Å². The minimum atomic E-state index is -0.708. The summed E-state index contributed by atoms with van der Waals surface area (Å²) in [5.74, 6) is 0.205. The number of rotatable bonds is 2. The van der Waals surface area contributed by atoms with Gasteiger partial charge < -0.3 is 5.73 Å². The molecule has 0 saturated heterocycles. The van der Waals surface area contributed by atoms with Gasteiger partial charge in [0.15, 0.2) is 0 Å². The second-order valence-corrected chi connectivity index (χ2v) is 3.90. The van der Waals surface area contributed by atoms with Gasteiger partial charge in [-0.15, -0.1) is 0 Å². The molecule has 0 radical (unpaired) electrons. The van der Waals surface area contributed by atoms with Crippen molar-refractivity contribution in [2.75, 3.05) is 4.90 Å². The number of nitrogens with two attached hydrogens (primary N) is 1. The zero-order chi connectivity index (χ0) is 12.4. The van der Waals surface area contributed by atoms with Crippen LogP contribution < -0.4 is 10.6 Å². The van der Waals surface area contributed by atoms with Gasteiger partial charge in [-0.2, -0.15) is 10.1 Å². The second-order valence-electron chi connectivity index (χ2n) is 3.08. The van der Waals surface area contributed by atoms with E-state index in [1.165, 1.54) is 12.4 Å². The molecule has 17 heavy (non-hydrogen) atoms. The molecular weight excluding hydrogens is 265 g/mol. The monoisotopic (exact) mass is 271 g/mol. The molecule has 0 aliphatic heterocycles. The number of aromatic nitrogens is 3. The predicted molar refractivity (Wildman–Crippen MR) is 64.6 cm³/mol. The van der Waals surface area contributed by atoms with E-state index in [9.17, 15) is 4.79 Å². The van der Waals surface area contributed by atoms with E-state index in [4.69, 9.17) is 28.9 Å². The van der Waals surface area contributed by atoms with Crippen molar-refractivity contribution in [1.29, 1.82) is 0 Å². The van der Waals surface area contributed by atoms with Crippen molar-refractivity contribution < 1.29 is 4.79 Å². The third-order valence-electron chi connectivity index (χ3n) is 2.00. The SMILES string of the molecule is NC(=O)N(c1ccc(Cl)c(Cl)c1)c1ncn[nH]1. The molecule has 0 fully saturated rings. The van der Waals surface area contributed by atoms with Crippen molar-refractivity contribution in [1.82, 2.24) is 15.2 Å². The lowest BCUT2D eigenvalue weighted by Gasteiger charge is -2.17. The van der Waals surface area contributed by atoms with E-state index in [0.29, 0.717) is 15.7 Å². The fourth-order valence-corrected chi connectivity index (χ4v) is 1.58. The van der Waals surface area contributed by atoms with Crippen molar-refractivity contribution in [2.24, 2.45) is 5.73 Å². The number of halogens is 2. The molecule has 2 aromatic rings. The van der Waals surface area contributed by atoms with Gasteiger partial charge in [0.2, 0.25) is 5.95 Å². The molecule has 1 aromatic carbocycles. The lowest BCUT2D eigenvalue weighted by Crippen LogP contribution is -2.32. The molecule has 0 aliphatic rings. The van der Waals surface area contributed by atoms with Crippen LogP contribution in [0.25, 0.3) is 0 Å². The smallest absolute Gasteiger partial charge is 0.326 e. The van der Waals surface area contributed by atoms with E-state index in [1.807, 2.05) is 0 Å². The van der Waals surface area contributed by atoms with Crippen molar-refractivity contribution in [2.45, 2.75) is 0 Å². The van der Waals surface area contributed by atoms with E-state index < -0.39 is 6.03 Å². The Hall–Kier alpha value is -1.79. The number of hydrogen-bond donors (Lipinski definition) is 2. The van der Waals surface area contributed by atoms with Gasteiger partial charge in [-0.3, -0.25) is 0 Å². The summed E-state index contributed by atoms with van der Waals surface area (Å²) in [5.41, 5.74) is 5.72. The first kappa shape index (κ1) is 11.7. The lowest BCUT2D eigenvalue weighted by atomic mass is 10.3. The quantitative estimate of drug-likeness (QED) is 0.879. The van der Waals surface area contributed by atoms with Gasteiger partial charge in [0.1, 0.15) is 6.33 Å². The molecule has 1 aromatic heterocycles. The Kier molecular flexibility index (Phi) is 3.16. The number of aromatic amines is 1. The molecule has 0 unspecified atom stereocenters. The van der Waals surface area contributed by atoms with Crippen LogP contribution in [0.5, 0.6) is 0 Å². The Bertz CT molecular complexity index is 542. The molecule has 88 valence electrons. The van der Waals surface area contributed by atoms with Crippen molar-refractivity contribution >= 4 is 40.9 Å². The van der Waals surface area contributed by atoms with Crippen LogP contribution >= 0.6 is 23.2 Å². The molecule has 0 saturated carbocycles. The lowest BCUT2D eigenvalue weighted by molar-refractivity contribution is 0.256. The number of amides is 2. The number of carbonyl (C=O) groups excluding carboxylic acids is 1. The van der Waals surface area contributed by atoms with Crippen LogP contribution in [0.1, 0.15) is 0 Å². The largest absolute Gasteiger partial charge is 0.351 e. The zero-order valence-corrected chi connectivity index (χ0v) is 9.90. The molecule has 2 amide bonds. The summed E-state index contributed by atoms with van der Waals surface area (Å²) in [5, 5.41) is 6.89. The maximum atomic E-state index is 11.4. The third-order valence-corrected chi connectivity index (χ3v) is 2.73. The number of carbonyl (C=O) groups is 1. The minimum absolute atomic E-state index is 0.205. The topological polar surface area (TPSA) is 87.9 Å². The highest BCUT2D eigenvalue weighted by Gasteiger charge is 2.18. The van der Waals surface area contributed by atoms with Crippen LogP contribution in [0, 0.1) is 0 Å². The van der Waals surface area contributed by atoms with Crippen LogP contribution in [-0.2, 0) is 0 Å². The number of H-pyrrole nitrogens is 1. The Balaban J connectivity index is 2.47. The van der Waals surface area contributed by atoms with Crippen LogP contribution in [0.4, 0.5) is 16.4 Å². The highest BCUT2D eigenvalue weighted by Crippen LogP contribution is 2.29. The van der Waals surface area contributed by atoms with Gasteiger partial charge in [0, 0.05) is 0 Å². The first-order valence-corrected chi connectivity index (χ1v) is 5.25. The fraction of sp³-hybridized carbons (Fsp3) is 0. The van der Waals surface area contributed by atoms with E-state index in [-0.39, 0.29) is 5.95 Å². The van der Waals surface area contributed by atoms with Crippen molar-refractivity contribution in [3.05, 3.63) is 34.6 Å². The first-order valence-electron chi connectivity index (χ1n) is 4.49. The summed E-state index contributed by atoms with van der Waals surface area (Å²) in [7, 11) is 0. The number of nitrogens with zero attached hydrogens (tertiary/aromatic N) is 3. The van der Waals surface area contributed by atoms with Crippen LogP contribution in [-0.4, -0.2) is 21.2 Å². The molecule has 8 heteroatoms. The van der Waals surface area contributed by atoms with Gasteiger partial charge >= 0.3 is 6.03 Å². The molecule has 0 aliphatic carbocycles. The molecule has 0 spiro atoms. The van der Waals surface area contributed by atoms with Gasteiger partial charge in [-0.05, 0) is 18.2 Å². The number of primary amides is 1. The van der Waals surface area contributed by atoms with E-state index in [1.54, 1.807) is 12.1 Å². The number of urea groups is 1. The summed E-state index contributed by atoms with van der Waals surface area (Å²) < 4.78 is 0. The zero-order valence-electron chi connectivity index (χ0n) is 8.39. The maximum Gasteiger partial charge on any atom is 0.326 e. The summed E-state index contributed by atoms with van der Waals surface area (Å²) in [6, 6.07) is 3.96. The Labute approximate surface area is 106 Å². The molecule has 1 heterocycles. The number of anilines is 2. The highest BCUT2D eigenvalue weighted by molar-refractivity contribution is 6.42. The molecule has 6 nitrogen and oxygen atoms in total. The van der Waals surface area contributed by atoms with Gasteiger partial charge in [0.25, 0.3) is 0 Å². The number of benzene rings is 1. The Morgan fingerprint density at radius 2 is 2.12 bits per heavy atom. The van der Waals surface area contributed by atoms with E-state index in [2.05, 4.69) is 15.2 Å². The molecule has 2 rings (SSSR count). The average molecular weight is 272 g/mol. The second kappa shape index (κ2) is 4.60. The average Bonchev–Trinajstić information content (AvgIpc) is 2.76. The normalized spacial score (nSPS) is 10.2. The van der Waals surface area contributed by atoms with E-state index in [0.717, 1.165) is 4.90 Å². The molecular formula is C9H7Cl2N5O. The van der Waals surface area contributed by atoms with Gasteiger partial charge in [-0.1, -0.05) is 23.2 Å². The van der Waals surface area contributed by atoms with Gasteiger partial charge in [-0.25, -0.2) is 14.8 Å². The highest BCUT2D eigenvalue weighted by atomic mass is 35.5. The summed E-state index contributed by atoms with van der Waals surface area (Å²) in [6.45, 7) is 0. The van der Waals surface area contributed by atoms with Crippen LogP contribution in [0.2, 0.25) is 10.0 Å². The minimum Gasteiger partial charge on any atom is -0.351 e. The van der Waals surface area contributed by atoms with Crippen LogP contribution in [0.3, 0.4) is 0 Å². The predicted octanol–water partition coefficient (Wildman–Crippen LogP) is 2.33. The summed E-state index contributed by atoms with van der Waals surface area (Å²) in [4.78, 5) is 16.4. The van der Waals surface area contributed by atoms with Gasteiger partial charge in [0.05, 0.1) is 15.7 Å². The summed E-state index contributed by atoms with van der Waals surface area (Å²) >= 11 is 11.7. The van der Waals surface area contributed by atoms with Crippen molar-refractivity contribution in [3.63, 3.8) is 0 Å². The van der Waals surface area contributed by atoms with Crippen molar-refractivity contribution in [3.8, 4) is 0 Å². The molecule has 3 N–H and O–H groups in total.